The van der Waals surface area contributed by atoms with Crippen molar-refractivity contribution in [2.45, 2.75) is 26.9 Å². The van der Waals surface area contributed by atoms with Crippen molar-refractivity contribution in [2.75, 3.05) is 11.1 Å². The van der Waals surface area contributed by atoms with Gasteiger partial charge < -0.3 is 15.8 Å². The average molecular weight is 260 g/mol. The van der Waals surface area contributed by atoms with Crippen molar-refractivity contribution in [1.82, 2.24) is 9.78 Å². The molecule has 0 fully saturated rings. The molecule has 0 spiro atoms. The Bertz CT molecular complexity index is 558. The highest BCUT2D eigenvalue weighted by Crippen LogP contribution is 2.26. The summed E-state index contributed by atoms with van der Waals surface area (Å²) >= 11 is 0. The lowest BCUT2D eigenvalue weighted by molar-refractivity contribution is 0.242. The minimum atomic E-state index is 0.175. The van der Waals surface area contributed by atoms with Gasteiger partial charge in [0.15, 0.2) is 5.82 Å². The third-order valence-corrected chi connectivity index (χ3v) is 2.76. The fourth-order valence-corrected chi connectivity index (χ4v) is 1.85. The largest absolute Gasteiger partial charge is 0.491 e. The van der Waals surface area contributed by atoms with Gasteiger partial charge in [0.05, 0.1) is 17.5 Å². The van der Waals surface area contributed by atoms with Gasteiger partial charge in [-0.2, -0.15) is 5.10 Å². The van der Waals surface area contributed by atoms with E-state index in [0.717, 1.165) is 22.9 Å². The number of aromatic nitrogens is 2. The molecule has 1 aromatic carbocycles. The Hall–Kier alpha value is -2.17. The van der Waals surface area contributed by atoms with Gasteiger partial charge in [0.2, 0.25) is 0 Å². The van der Waals surface area contributed by atoms with Crippen LogP contribution in [0.25, 0.3) is 0 Å². The predicted octanol–water partition coefficient (Wildman–Crippen LogP) is 2.84. The van der Waals surface area contributed by atoms with Crippen molar-refractivity contribution in [2.24, 2.45) is 7.05 Å². The van der Waals surface area contributed by atoms with Crippen LogP contribution in [0.5, 0.6) is 5.75 Å². The number of nitrogens with one attached hydrogen (secondary N) is 1. The molecule has 0 unspecified atom stereocenters. The van der Waals surface area contributed by atoms with E-state index in [2.05, 4.69) is 10.4 Å². The first kappa shape index (κ1) is 13.3. The van der Waals surface area contributed by atoms with Crippen LogP contribution >= 0.6 is 0 Å². The highest BCUT2D eigenvalue weighted by atomic mass is 16.5. The van der Waals surface area contributed by atoms with E-state index in [4.69, 9.17) is 10.5 Å². The molecule has 5 nitrogen and oxygen atoms in total. The van der Waals surface area contributed by atoms with Crippen LogP contribution in [-0.2, 0) is 7.05 Å². The van der Waals surface area contributed by atoms with E-state index in [0.29, 0.717) is 5.69 Å². The summed E-state index contributed by atoms with van der Waals surface area (Å²) < 4.78 is 7.34. The van der Waals surface area contributed by atoms with Crippen LogP contribution in [0, 0.1) is 6.92 Å². The van der Waals surface area contributed by atoms with Crippen molar-refractivity contribution < 1.29 is 4.74 Å². The molecule has 0 aliphatic heterocycles. The van der Waals surface area contributed by atoms with Crippen molar-refractivity contribution >= 4 is 17.2 Å². The molecule has 1 heterocycles. The summed E-state index contributed by atoms with van der Waals surface area (Å²) in [4.78, 5) is 0. The number of hydrogen-bond acceptors (Lipinski definition) is 4. The zero-order chi connectivity index (χ0) is 14.0. The fourth-order valence-electron chi connectivity index (χ4n) is 1.85. The van der Waals surface area contributed by atoms with Crippen LogP contribution in [0.2, 0.25) is 0 Å². The van der Waals surface area contributed by atoms with E-state index in [-0.39, 0.29) is 6.10 Å². The minimum absolute atomic E-state index is 0.175. The number of ether oxygens (including phenoxy) is 1. The van der Waals surface area contributed by atoms with E-state index in [9.17, 15) is 0 Å². The van der Waals surface area contributed by atoms with Crippen LogP contribution in [0.3, 0.4) is 0 Å². The van der Waals surface area contributed by atoms with Gasteiger partial charge in [-0.3, -0.25) is 4.68 Å². The predicted molar refractivity (Wildman–Crippen MR) is 77.8 cm³/mol. The van der Waals surface area contributed by atoms with Crippen molar-refractivity contribution in [1.29, 1.82) is 0 Å². The third-order valence-electron chi connectivity index (χ3n) is 2.76. The van der Waals surface area contributed by atoms with Crippen molar-refractivity contribution in [3.05, 3.63) is 30.0 Å². The van der Waals surface area contributed by atoms with Gasteiger partial charge in [-0.05, 0) is 45.0 Å². The first-order valence-electron chi connectivity index (χ1n) is 6.30. The van der Waals surface area contributed by atoms with Crippen LogP contribution in [0.4, 0.5) is 17.2 Å². The van der Waals surface area contributed by atoms with Gasteiger partial charge >= 0.3 is 0 Å². The first-order valence-corrected chi connectivity index (χ1v) is 6.30. The molecule has 2 aromatic rings. The molecule has 0 aliphatic rings. The maximum atomic E-state index is 5.98. The SMILES string of the molecule is Cc1nn(C)c(Nc2ccc(OC(C)C)cc2)c1N. The number of rotatable bonds is 4. The number of benzene rings is 1. The Labute approximate surface area is 113 Å². The molecule has 0 bridgehead atoms. The lowest BCUT2D eigenvalue weighted by atomic mass is 10.3. The fraction of sp³-hybridized carbons (Fsp3) is 0.357. The quantitative estimate of drug-likeness (QED) is 0.887. The normalized spacial score (nSPS) is 10.8. The summed E-state index contributed by atoms with van der Waals surface area (Å²) in [7, 11) is 1.86. The van der Waals surface area contributed by atoms with E-state index in [1.54, 1.807) is 4.68 Å². The van der Waals surface area contributed by atoms with Gasteiger partial charge in [-0.15, -0.1) is 0 Å². The molecule has 0 saturated heterocycles. The Balaban J connectivity index is 2.15. The highest BCUT2D eigenvalue weighted by molar-refractivity contribution is 5.71. The number of aryl methyl sites for hydroxylation is 2. The molecule has 102 valence electrons. The van der Waals surface area contributed by atoms with Gasteiger partial charge in [0, 0.05) is 12.7 Å². The van der Waals surface area contributed by atoms with Crippen LogP contribution in [0.1, 0.15) is 19.5 Å². The lowest BCUT2D eigenvalue weighted by Gasteiger charge is -2.11. The Morgan fingerprint density at radius 2 is 1.89 bits per heavy atom. The zero-order valence-electron chi connectivity index (χ0n) is 11.8. The number of nitrogens with zero attached hydrogens (tertiary/aromatic N) is 2. The van der Waals surface area contributed by atoms with Crippen LogP contribution < -0.4 is 15.8 Å². The van der Waals surface area contributed by atoms with Gasteiger partial charge in [-0.1, -0.05) is 0 Å². The lowest BCUT2D eigenvalue weighted by Crippen LogP contribution is -2.05. The maximum absolute atomic E-state index is 5.98. The van der Waals surface area contributed by atoms with Gasteiger partial charge in [-0.25, -0.2) is 0 Å². The highest BCUT2D eigenvalue weighted by Gasteiger charge is 2.09. The smallest absolute Gasteiger partial charge is 0.152 e. The topological polar surface area (TPSA) is 65.1 Å². The average Bonchev–Trinajstić information content (AvgIpc) is 2.58. The summed E-state index contributed by atoms with van der Waals surface area (Å²) in [6.07, 6.45) is 0.175. The molecule has 0 amide bonds. The Kier molecular flexibility index (Phi) is 3.64. The minimum Gasteiger partial charge on any atom is -0.491 e. The molecule has 0 atom stereocenters. The molecule has 3 N–H and O–H groups in total. The van der Waals surface area contributed by atoms with Crippen LogP contribution in [-0.4, -0.2) is 15.9 Å². The third kappa shape index (κ3) is 2.99. The standard InChI is InChI=1S/C14H20N4O/c1-9(2)19-12-7-5-11(6-8-12)16-14-13(15)10(3)17-18(14)4/h5-9,16H,15H2,1-4H3. The molecule has 5 heteroatoms. The van der Waals surface area contributed by atoms with Gasteiger partial charge in [0.1, 0.15) is 5.75 Å². The summed E-state index contributed by atoms with van der Waals surface area (Å²) in [6.45, 7) is 5.90. The number of nitrogens with two attached hydrogens (primary N) is 1. The van der Waals surface area contributed by atoms with E-state index >= 15 is 0 Å². The zero-order valence-corrected chi connectivity index (χ0v) is 11.8. The van der Waals surface area contributed by atoms with Gasteiger partial charge in [0.25, 0.3) is 0 Å². The van der Waals surface area contributed by atoms with E-state index in [1.807, 2.05) is 52.1 Å². The Morgan fingerprint density at radius 3 is 2.37 bits per heavy atom. The summed E-state index contributed by atoms with van der Waals surface area (Å²) in [5.41, 5.74) is 8.42. The molecule has 0 aliphatic carbocycles. The number of hydrogen-bond donors (Lipinski definition) is 2. The Morgan fingerprint density at radius 1 is 1.26 bits per heavy atom. The summed E-state index contributed by atoms with van der Waals surface area (Å²) in [6, 6.07) is 7.78. The molecule has 19 heavy (non-hydrogen) atoms. The maximum Gasteiger partial charge on any atom is 0.152 e. The van der Waals surface area contributed by atoms with E-state index in [1.165, 1.54) is 0 Å². The van der Waals surface area contributed by atoms with Crippen molar-refractivity contribution in [3.8, 4) is 5.75 Å². The first-order chi connectivity index (χ1) is 8.97. The second-order valence-corrected chi connectivity index (χ2v) is 4.79. The second kappa shape index (κ2) is 5.22. The number of anilines is 3. The molecule has 1 aromatic heterocycles. The summed E-state index contributed by atoms with van der Waals surface area (Å²) in [5.74, 6) is 1.66. The molecule has 0 radical (unpaired) electrons. The molecule has 2 rings (SSSR count). The second-order valence-electron chi connectivity index (χ2n) is 4.79. The van der Waals surface area contributed by atoms with Crippen LogP contribution in [0.15, 0.2) is 24.3 Å². The molecular weight excluding hydrogens is 240 g/mol. The molecular formula is C14H20N4O. The number of nitrogen functional groups attached to an aromatic ring is 1. The monoisotopic (exact) mass is 260 g/mol. The van der Waals surface area contributed by atoms with Crippen molar-refractivity contribution in [3.63, 3.8) is 0 Å². The van der Waals surface area contributed by atoms with E-state index < -0.39 is 0 Å². The molecule has 0 saturated carbocycles. The summed E-state index contributed by atoms with van der Waals surface area (Å²) in [5, 5.41) is 7.53.